The van der Waals surface area contributed by atoms with Crippen molar-refractivity contribution in [2.75, 3.05) is 69.2 Å². The molecule has 1 aromatic carbocycles. The molecular formula is C22H36N4O4S. The Morgan fingerprint density at radius 1 is 1.10 bits per heavy atom. The van der Waals surface area contributed by atoms with Crippen molar-refractivity contribution >= 4 is 27.3 Å². The number of carbonyl (C=O) groups excluding carboxylic acids is 1. The summed E-state index contributed by atoms with van der Waals surface area (Å²) in [4.78, 5) is 17.8. The predicted octanol–water partition coefficient (Wildman–Crippen LogP) is 2.22. The number of amides is 1. The molecule has 2 fully saturated rings. The molecular weight excluding hydrogens is 416 g/mol. The first-order chi connectivity index (χ1) is 14.9. The lowest BCUT2D eigenvalue weighted by Gasteiger charge is -2.36. The fraction of sp³-hybridized carbons (Fsp3) is 0.682. The van der Waals surface area contributed by atoms with E-state index in [0.29, 0.717) is 44.8 Å². The fourth-order valence-corrected chi connectivity index (χ4v) is 5.75. The van der Waals surface area contributed by atoms with Crippen molar-refractivity contribution in [2.24, 2.45) is 5.92 Å². The average molecular weight is 453 g/mol. The van der Waals surface area contributed by atoms with Crippen molar-refractivity contribution in [3.8, 4) is 0 Å². The van der Waals surface area contributed by atoms with Crippen LogP contribution in [-0.2, 0) is 19.6 Å². The molecule has 3 rings (SSSR count). The van der Waals surface area contributed by atoms with Gasteiger partial charge in [0, 0.05) is 58.4 Å². The molecule has 2 saturated heterocycles. The van der Waals surface area contributed by atoms with Gasteiger partial charge in [-0.05, 0) is 37.6 Å². The number of anilines is 2. The highest BCUT2D eigenvalue weighted by atomic mass is 32.2. The highest BCUT2D eigenvalue weighted by Gasteiger charge is 2.27. The summed E-state index contributed by atoms with van der Waals surface area (Å²) in [7, 11) is -3.61. The zero-order chi connectivity index (χ0) is 22.4. The second-order valence-corrected chi connectivity index (χ2v) is 10.0. The SMILES string of the molecule is CCN1CCN(c2ccc(S(=O)(=O)N(CC)CC)cc2NC(=O)C2CCOCC2)CC1. The molecule has 2 aliphatic rings. The lowest BCUT2D eigenvalue weighted by atomic mass is 9.99. The number of hydrogen-bond acceptors (Lipinski definition) is 6. The van der Waals surface area contributed by atoms with Gasteiger partial charge in [-0.15, -0.1) is 0 Å². The number of likely N-dealkylation sites (N-methyl/N-ethyl adjacent to an activating group) is 1. The van der Waals surface area contributed by atoms with Crippen molar-refractivity contribution in [3.63, 3.8) is 0 Å². The van der Waals surface area contributed by atoms with Gasteiger partial charge in [-0.25, -0.2) is 8.42 Å². The van der Waals surface area contributed by atoms with E-state index in [1.807, 2.05) is 19.9 Å². The summed E-state index contributed by atoms with van der Waals surface area (Å²) >= 11 is 0. The Hall–Kier alpha value is -1.68. The third kappa shape index (κ3) is 5.58. The summed E-state index contributed by atoms with van der Waals surface area (Å²) < 4.78 is 33.0. The first-order valence-corrected chi connectivity index (χ1v) is 12.8. The van der Waals surface area contributed by atoms with Crippen molar-refractivity contribution < 1.29 is 17.9 Å². The van der Waals surface area contributed by atoms with Crippen LogP contribution in [0, 0.1) is 5.92 Å². The molecule has 0 aliphatic carbocycles. The highest BCUT2D eigenvalue weighted by Crippen LogP contribution is 2.32. The van der Waals surface area contributed by atoms with Crippen molar-refractivity contribution in [3.05, 3.63) is 18.2 Å². The third-order valence-corrected chi connectivity index (χ3v) is 8.37. The van der Waals surface area contributed by atoms with Gasteiger partial charge < -0.3 is 19.9 Å². The second kappa shape index (κ2) is 10.8. The molecule has 174 valence electrons. The molecule has 0 spiro atoms. The maximum absolute atomic E-state index is 13.1. The van der Waals surface area contributed by atoms with Crippen LogP contribution in [0.1, 0.15) is 33.6 Å². The molecule has 31 heavy (non-hydrogen) atoms. The van der Waals surface area contributed by atoms with Gasteiger partial charge in [0.2, 0.25) is 15.9 Å². The molecule has 0 saturated carbocycles. The van der Waals surface area contributed by atoms with Gasteiger partial charge in [0.25, 0.3) is 0 Å². The van der Waals surface area contributed by atoms with Crippen LogP contribution < -0.4 is 10.2 Å². The van der Waals surface area contributed by atoms with Gasteiger partial charge in [0.15, 0.2) is 0 Å². The lowest BCUT2D eigenvalue weighted by Crippen LogP contribution is -2.46. The first kappa shape index (κ1) is 24.0. The largest absolute Gasteiger partial charge is 0.381 e. The maximum atomic E-state index is 13.1. The Kier molecular flexibility index (Phi) is 8.32. The highest BCUT2D eigenvalue weighted by molar-refractivity contribution is 7.89. The van der Waals surface area contributed by atoms with E-state index in [9.17, 15) is 13.2 Å². The number of nitrogens with zero attached hydrogens (tertiary/aromatic N) is 3. The lowest BCUT2D eigenvalue weighted by molar-refractivity contribution is -0.122. The minimum absolute atomic E-state index is 0.0610. The molecule has 2 aliphatic heterocycles. The van der Waals surface area contributed by atoms with E-state index in [4.69, 9.17) is 4.74 Å². The Labute approximate surface area is 186 Å². The van der Waals surface area contributed by atoms with E-state index >= 15 is 0 Å². The van der Waals surface area contributed by atoms with Gasteiger partial charge in [-0.2, -0.15) is 4.31 Å². The summed E-state index contributed by atoms with van der Waals surface area (Å²) in [6.07, 6.45) is 1.38. The summed E-state index contributed by atoms with van der Waals surface area (Å²) in [5.74, 6) is -0.171. The molecule has 1 N–H and O–H groups in total. The number of benzene rings is 1. The zero-order valence-corrected chi connectivity index (χ0v) is 19.8. The van der Waals surface area contributed by atoms with E-state index < -0.39 is 10.0 Å². The van der Waals surface area contributed by atoms with Gasteiger partial charge in [0.05, 0.1) is 16.3 Å². The molecule has 0 atom stereocenters. The van der Waals surface area contributed by atoms with Crippen LogP contribution in [0.5, 0.6) is 0 Å². The summed E-state index contributed by atoms with van der Waals surface area (Å²) in [5.41, 5.74) is 1.46. The zero-order valence-electron chi connectivity index (χ0n) is 19.0. The Balaban J connectivity index is 1.91. The number of nitrogens with one attached hydrogen (secondary N) is 1. The Bertz CT molecular complexity index is 843. The molecule has 1 amide bonds. The molecule has 8 nitrogen and oxygen atoms in total. The Morgan fingerprint density at radius 2 is 1.74 bits per heavy atom. The maximum Gasteiger partial charge on any atom is 0.243 e. The van der Waals surface area contributed by atoms with Gasteiger partial charge in [0.1, 0.15) is 0 Å². The van der Waals surface area contributed by atoms with Crippen molar-refractivity contribution in [1.82, 2.24) is 9.21 Å². The Morgan fingerprint density at radius 3 is 2.32 bits per heavy atom. The van der Waals surface area contributed by atoms with Gasteiger partial charge in [-0.1, -0.05) is 20.8 Å². The number of piperazine rings is 1. The number of ether oxygens (including phenoxy) is 1. The van der Waals surface area contributed by atoms with Crippen LogP contribution in [0.2, 0.25) is 0 Å². The quantitative estimate of drug-likeness (QED) is 0.651. The van der Waals surface area contributed by atoms with E-state index in [1.54, 1.807) is 12.1 Å². The van der Waals surface area contributed by atoms with Gasteiger partial charge in [-0.3, -0.25) is 4.79 Å². The molecule has 1 aromatic rings. The van der Waals surface area contributed by atoms with Crippen LogP contribution in [0.15, 0.2) is 23.1 Å². The van der Waals surface area contributed by atoms with Crippen LogP contribution in [0.3, 0.4) is 0 Å². The normalized spacial score (nSPS) is 19.0. The number of hydrogen-bond donors (Lipinski definition) is 1. The summed E-state index contributed by atoms with van der Waals surface area (Å²) in [6.45, 7) is 12.4. The number of sulfonamides is 1. The molecule has 0 bridgehead atoms. The molecule has 0 aromatic heterocycles. The van der Waals surface area contributed by atoms with E-state index in [0.717, 1.165) is 38.4 Å². The van der Waals surface area contributed by atoms with Crippen LogP contribution in [-0.4, -0.2) is 82.6 Å². The van der Waals surface area contributed by atoms with Crippen LogP contribution in [0.4, 0.5) is 11.4 Å². The van der Waals surface area contributed by atoms with Crippen molar-refractivity contribution in [2.45, 2.75) is 38.5 Å². The average Bonchev–Trinajstić information content (AvgIpc) is 2.80. The smallest absolute Gasteiger partial charge is 0.243 e. The predicted molar refractivity (Wildman–Crippen MR) is 123 cm³/mol. The van der Waals surface area contributed by atoms with Crippen LogP contribution in [0.25, 0.3) is 0 Å². The standard InChI is InChI=1S/C22H36N4O4S/c1-4-24-11-13-25(14-12-24)21-8-7-19(31(28,29)26(5-2)6-3)17-20(21)23-22(27)18-9-15-30-16-10-18/h7-8,17-18H,4-6,9-16H2,1-3H3,(H,23,27). The number of rotatable bonds is 8. The van der Waals surface area contributed by atoms with E-state index in [2.05, 4.69) is 22.0 Å². The minimum Gasteiger partial charge on any atom is -0.381 e. The van der Waals surface area contributed by atoms with E-state index in [1.165, 1.54) is 4.31 Å². The topological polar surface area (TPSA) is 82.2 Å². The minimum atomic E-state index is -3.61. The van der Waals surface area contributed by atoms with Crippen molar-refractivity contribution in [1.29, 1.82) is 0 Å². The fourth-order valence-electron chi connectivity index (χ4n) is 4.26. The molecule has 0 unspecified atom stereocenters. The molecule has 9 heteroatoms. The second-order valence-electron chi connectivity index (χ2n) is 8.07. The summed E-state index contributed by atoms with van der Waals surface area (Å²) in [5, 5.41) is 3.06. The molecule has 2 heterocycles. The molecule has 0 radical (unpaired) electrons. The van der Waals surface area contributed by atoms with Gasteiger partial charge >= 0.3 is 0 Å². The number of carbonyl (C=O) groups is 1. The van der Waals surface area contributed by atoms with Crippen LogP contribution >= 0.6 is 0 Å². The third-order valence-electron chi connectivity index (χ3n) is 6.32. The summed E-state index contributed by atoms with van der Waals surface area (Å²) in [6, 6.07) is 5.14. The monoisotopic (exact) mass is 452 g/mol. The van der Waals surface area contributed by atoms with E-state index in [-0.39, 0.29) is 16.7 Å². The first-order valence-electron chi connectivity index (χ1n) is 11.4.